The van der Waals surface area contributed by atoms with E-state index in [2.05, 4.69) is 0 Å². The Bertz CT molecular complexity index is 618. The fourth-order valence-electron chi connectivity index (χ4n) is 2.08. The van der Waals surface area contributed by atoms with Gasteiger partial charge < -0.3 is 5.11 Å². The van der Waals surface area contributed by atoms with Crippen LogP contribution in [0.2, 0.25) is 5.02 Å². The average molecular weight is 261 g/mol. The fourth-order valence-corrected chi connectivity index (χ4v) is 2.25. The Balaban J connectivity index is 2.75. The number of rotatable bonds is 2. The van der Waals surface area contributed by atoms with E-state index in [0.29, 0.717) is 16.1 Å². The van der Waals surface area contributed by atoms with Crippen molar-refractivity contribution in [3.63, 3.8) is 0 Å². The summed E-state index contributed by atoms with van der Waals surface area (Å²) in [6.45, 7) is 3.69. The number of aryl methyl sites for hydroxylation is 1. The molecule has 2 aromatic rings. The second-order valence-corrected chi connectivity index (χ2v) is 4.62. The van der Waals surface area contributed by atoms with Gasteiger partial charge in [-0.2, -0.15) is 0 Å². The molecule has 1 N–H and O–H groups in total. The summed E-state index contributed by atoms with van der Waals surface area (Å²) in [5, 5.41) is 9.98. The molecular formula is C15H13ClO2. The van der Waals surface area contributed by atoms with E-state index >= 15 is 0 Å². The predicted octanol–water partition coefficient (Wildman–Crippen LogP) is 4.32. The molecule has 2 rings (SSSR count). The third kappa shape index (κ3) is 2.12. The first-order chi connectivity index (χ1) is 8.52. The van der Waals surface area contributed by atoms with Gasteiger partial charge in [0.1, 0.15) is 0 Å². The highest BCUT2D eigenvalue weighted by Crippen LogP contribution is 2.32. The molecule has 2 aromatic carbocycles. The zero-order valence-electron chi connectivity index (χ0n) is 10.2. The van der Waals surface area contributed by atoms with E-state index < -0.39 is 5.97 Å². The first-order valence-electron chi connectivity index (χ1n) is 5.60. The number of aromatic carboxylic acids is 1. The molecule has 0 atom stereocenters. The monoisotopic (exact) mass is 260 g/mol. The molecule has 0 unspecified atom stereocenters. The van der Waals surface area contributed by atoms with Gasteiger partial charge in [-0.15, -0.1) is 0 Å². The minimum Gasteiger partial charge on any atom is -0.478 e. The molecule has 0 aliphatic heterocycles. The lowest BCUT2D eigenvalue weighted by Crippen LogP contribution is -2.03. The van der Waals surface area contributed by atoms with E-state index in [0.717, 1.165) is 16.7 Å². The Labute approximate surface area is 111 Å². The fraction of sp³-hybridized carbons (Fsp3) is 0.133. The highest BCUT2D eigenvalue weighted by Gasteiger charge is 2.16. The normalized spacial score (nSPS) is 10.4. The number of carboxylic acid groups (broad SMARTS) is 1. The van der Waals surface area contributed by atoms with E-state index in [1.807, 2.05) is 31.2 Å². The van der Waals surface area contributed by atoms with Gasteiger partial charge in [0, 0.05) is 5.02 Å². The number of halogens is 1. The summed E-state index contributed by atoms with van der Waals surface area (Å²) in [5.41, 5.74) is 3.56. The van der Waals surface area contributed by atoms with Gasteiger partial charge >= 0.3 is 5.97 Å². The Hall–Kier alpha value is -1.80. The molecular weight excluding hydrogens is 248 g/mol. The standard InChI is InChI=1S/C15H13ClO2/c1-9-5-3-7-12(14(9)15(17)18)11-6-4-8-13(16)10(11)2/h3-8H,1-2H3,(H,17,18). The number of carbonyl (C=O) groups is 1. The lowest BCUT2D eigenvalue weighted by molar-refractivity contribution is 0.0697. The minimum absolute atomic E-state index is 0.336. The van der Waals surface area contributed by atoms with Gasteiger partial charge in [0.2, 0.25) is 0 Å². The summed E-state index contributed by atoms with van der Waals surface area (Å²) in [5.74, 6) is -0.914. The van der Waals surface area contributed by atoms with Crippen LogP contribution in [0, 0.1) is 13.8 Å². The third-order valence-corrected chi connectivity index (χ3v) is 3.45. The number of hydrogen-bond acceptors (Lipinski definition) is 1. The van der Waals surface area contributed by atoms with Crippen LogP contribution in [0.15, 0.2) is 36.4 Å². The van der Waals surface area contributed by atoms with Gasteiger partial charge in [-0.25, -0.2) is 4.79 Å². The van der Waals surface area contributed by atoms with E-state index in [4.69, 9.17) is 11.6 Å². The van der Waals surface area contributed by atoms with Crippen molar-refractivity contribution >= 4 is 17.6 Å². The van der Waals surface area contributed by atoms with Crippen molar-refractivity contribution in [2.75, 3.05) is 0 Å². The largest absolute Gasteiger partial charge is 0.478 e. The topological polar surface area (TPSA) is 37.3 Å². The molecule has 0 bridgehead atoms. The second kappa shape index (κ2) is 4.83. The molecule has 92 valence electrons. The summed E-state index contributed by atoms with van der Waals surface area (Å²) in [7, 11) is 0. The zero-order valence-corrected chi connectivity index (χ0v) is 11.0. The van der Waals surface area contributed by atoms with Crippen LogP contribution in [-0.4, -0.2) is 11.1 Å². The van der Waals surface area contributed by atoms with Gasteiger partial charge in [-0.05, 0) is 42.2 Å². The van der Waals surface area contributed by atoms with Gasteiger partial charge in [-0.1, -0.05) is 41.9 Å². The van der Waals surface area contributed by atoms with E-state index in [1.54, 1.807) is 19.1 Å². The molecule has 0 saturated carbocycles. The van der Waals surface area contributed by atoms with Crippen LogP contribution in [0.3, 0.4) is 0 Å². The molecule has 3 heteroatoms. The number of hydrogen-bond donors (Lipinski definition) is 1. The molecule has 0 heterocycles. The van der Waals surface area contributed by atoms with Crippen molar-refractivity contribution in [1.82, 2.24) is 0 Å². The lowest BCUT2D eigenvalue weighted by atomic mass is 9.93. The maximum atomic E-state index is 11.4. The van der Waals surface area contributed by atoms with Crippen molar-refractivity contribution < 1.29 is 9.90 Å². The van der Waals surface area contributed by atoms with Crippen molar-refractivity contribution in [3.05, 3.63) is 58.1 Å². The number of carboxylic acids is 1. The first kappa shape index (κ1) is 12.7. The highest BCUT2D eigenvalue weighted by molar-refractivity contribution is 6.31. The van der Waals surface area contributed by atoms with Crippen LogP contribution in [-0.2, 0) is 0 Å². The van der Waals surface area contributed by atoms with Gasteiger partial charge in [0.05, 0.1) is 5.56 Å². The molecule has 0 fully saturated rings. The third-order valence-electron chi connectivity index (χ3n) is 3.04. The minimum atomic E-state index is -0.914. The predicted molar refractivity (Wildman–Crippen MR) is 73.3 cm³/mol. The maximum absolute atomic E-state index is 11.4. The molecule has 0 amide bonds. The molecule has 0 radical (unpaired) electrons. The maximum Gasteiger partial charge on any atom is 0.336 e. The average Bonchev–Trinajstić information content (AvgIpc) is 2.32. The Kier molecular flexibility index (Phi) is 3.39. The summed E-state index contributed by atoms with van der Waals surface area (Å²) < 4.78 is 0. The highest BCUT2D eigenvalue weighted by atomic mass is 35.5. The summed E-state index contributed by atoms with van der Waals surface area (Å²) in [4.78, 5) is 11.4. The molecule has 0 aliphatic rings. The zero-order chi connectivity index (χ0) is 13.3. The van der Waals surface area contributed by atoms with Gasteiger partial charge in [0.15, 0.2) is 0 Å². The van der Waals surface area contributed by atoms with Gasteiger partial charge in [0.25, 0.3) is 0 Å². The molecule has 0 aromatic heterocycles. The van der Waals surface area contributed by atoms with Crippen molar-refractivity contribution in [2.24, 2.45) is 0 Å². The lowest BCUT2D eigenvalue weighted by Gasteiger charge is -2.12. The SMILES string of the molecule is Cc1cccc(-c2cccc(Cl)c2C)c1C(=O)O. The van der Waals surface area contributed by atoms with Crippen molar-refractivity contribution in [3.8, 4) is 11.1 Å². The van der Waals surface area contributed by atoms with Crippen molar-refractivity contribution in [1.29, 1.82) is 0 Å². The second-order valence-electron chi connectivity index (χ2n) is 4.22. The Morgan fingerprint density at radius 1 is 1.06 bits per heavy atom. The van der Waals surface area contributed by atoms with Crippen LogP contribution in [0.4, 0.5) is 0 Å². The smallest absolute Gasteiger partial charge is 0.336 e. The van der Waals surface area contributed by atoms with Crippen molar-refractivity contribution in [2.45, 2.75) is 13.8 Å². The molecule has 0 spiro atoms. The van der Waals surface area contributed by atoms with E-state index in [-0.39, 0.29) is 0 Å². The Morgan fingerprint density at radius 2 is 1.67 bits per heavy atom. The molecule has 2 nitrogen and oxygen atoms in total. The number of benzene rings is 2. The van der Waals surface area contributed by atoms with Crippen LogP contribution >= 0.6 is 11.6 Å². The summed E-state index contributed by atoms with van der Waals surface area (Å²) >= 11 is 6.09. The van der Waals surface area contributed by atoms with E-state index in [9.17, 15) is 9.90 Å². The summed E-state index contributed by atoms with van der Waals surface area (Å²) in [6.07, 6.45) is 0. The van der Waals surface area contributed by atoms with Crippen LogP contribution < -0.4 is 0 Å². The van der Waals surface area contributed by atoms with E-state index in [1.165, 1.54) is 0 Å². The van der Waals surface area contributed by atoms with Crippen LogP contribution in [0.1, 0.15) is 21.5 Å². The molecule has 18 heavy (non-hydrogen) atoms. The first-order valence-corrected chi connectivity index (χ1v) is 5.98. The Morgan fingerprint density at radius 3 is 2.33 bits per heavy atom. The quantitative estimate of drug-likeness (QED) is 0.873. The van der Waals surface area contributed by atoms with Crippen LogP contribution in [0.25, 0.3) is 11.1 Å². The van der Waals surface area contributed by atoms with Gasteiger partial charge in [-0.3, -0.25) is 0 Å². The molecule has 0 saturated heterocycles. The van der Waals surface area contributed by atoms with Crippen LogP contribution in [0.5, 0.6) is 0 Å². The molecule has 0 aliphatic carbocycles. The summed E-state index contributed by atoms with van der Waals surface area (Å²) in [6, 6.07) is 11.0.